The maximum absolute atomic E-state index is 14.2. The molecule has 4 heterocycles. The Morgan fingerprint density at radius 3 is 2.68 bits per heavy atom. The molecular formula is C26H24F2N8O. The monoisotopic (exact) mass is 502 g/mol. The van der Waals surface area contributed by atoms with E-state index in [1.807, 2.05) is 41.1 Å². The van der Waals surface area contributed by atoms with Gasteiger partial charge in [-0.3, -0.25) is 5.10 Å². The van der Waals surface area contributed by atoms with Crippen LogP contribution in [0.5, 0.6) is 0 Å². The number of benzene rings is 2. The van der Waals surface area contributed by atoms with Crippen molar-refractivity contribution in [2.75, 3.05) is 23.8 Å². The zero-order valence-electron chi connectivity index (χ0n) is 19.8. The third-order valence-corrected chi connectivity index (χ3v) is 6.35. The van der Waals surface area contributed by atoms with Gasteiger partial charge in [-0.15, -0.1) is 0 Å². The number of anilines is 3. The van der Waals surface area contributed by atoms with E-state index in [0.29, 0.717) is 36.1 Å². The second-order valence-electron chi connectivity index (χ2n) is 8.81. The minimum Gasteiger partial charge on any atom is -0.381 e. The largest absolute Gasteiger partial charge is 0.381 e. The Morgan fingerprint density at radius 2 is 1.86 bits per heavy atom. The van der Waals surface area contributed by atoms with Crippen molar-refractivity contribution in [3.63, 3.8) is 0 Å². The van der Waals surface area contributed by atoms with Crippen molar-refractivity contribution in [3.8, 4) is 11.3 Å². The summed E-state index contributed by atoms with van der Waals surface area (Å²) in [7, 11) is 0. The summed E-state index contributed by atoms with van der Waals surface area (Å²) in [6, 6.07) is 15.4. The SMILES string of the molecule is Fc1ccc(CNc2nc(Nc3cc(-c4ccccc4)[nH]n3)c3cnn(C4CCOCC4)c3n2)c(F)c1. The molecule has 0 atom stereocenters. The van der Waals surface area contributed by atoms with Crippen LogP contribution in [0.3, 0.4) is 0 Å². The molecule has 0 unspecified atom stereocenters. The van der Waals surface area contributed by atoms with Crippen molar-refractivity contribution >= 4 is 28.6 Å². The van der Waals surface area contributed by atoms with Crippen LogP contribution in [0.25, 0.3) is 22.3 Å². The lowest BCUT2D eigenvalue weighted by molar-refractivity contribution is 0.0673. The van der Waals surface area contributed by atoms with E-state index >= 15 is 0 Å². The fourth-order valence-electron chi connectivity index (χ4n) is 4.41. The van der Waals surface area contributed by atoms with Crippen LogP contribution in [-0.2, 0) is 11.3 Å². The number of rotatable bonds is 7. The molecule has 37 heavy (non-hydrogen) atoms. The maximum atomic E-state index is 14.2. The first kappa shape index (κ1) is 23.0. The van der Waals surface area contributed by atoms with E-state index in [0.717, 1.165) is 35.6 Å². The first-order valence-corrected chi connectivity index (χ1v) is 12.0. The number of aromatic nitrogens is 6. The molecule has 3 N–H and O–H groups in total. The van der Waals surface area contributed by atoms with Gasteiger partial charge in [-0.2, -0.15) is 20.2 Å². The lowest BCUT2D eigenvalue weighted by Crippen LogP contribution is -2.21. The molecule has 1 saturated heterocycles. The van der Waals surface area contributed by atoms with Gasteiger partial charge in [0.2, 0.25) is 5.95 Å². The van der Waals surface area contributed by atoms with Crippen molar-refractivity contribution in [2.24, 2.45) is 0 Å². The van der Waals surface area contributed by atoms with E-state index in [9.17, 15) is 8.78 Å². The fraction of sp³-hybridized carbons (Fsp3) is 0.231. The topological polar surface area (TPSA) is 106 Å². The van der Waals surface area contributed by atoms with Crippen LogP contribution < -0.4 is 10.6 Å². The van der Waals surface area contributed by atoms with E-state index in [-0.39, 0.29) is 18.5 Å². The summed E-state index contributed by atoms with van der Waals surface area (Å²) >= 11 is 0. The minimum atomic E-state index is -0.635. The van der Waals surface area contributed by atoms with Crippen LogP contribution in [0.1, 0.15) is 24.4 Å². The number of halogens is 2. The molecular weight excluding hydrogens is 478 g/mol. The number of nitrogens with one attached hydrogen (secondary N) is 3. The Bertz CT molecular complexity index is 1530. The van der Waals surface area contributed by atoms with Crippen molar-refractivity contribution in [3.05, 3.63) is 78.0 Å². The van der Waals surface area contributed by atoms with Crippen molar-refractivity contribution in [2.45, 2.75) is 25.4 Å². The summed E-state index contributed by atoms with van der Waals surface area (Å²) in [5, 5.41) is 19.1. The smallest absolute Gasteiger partial charge is 0.227 e. The molecule has 3 aromatic heterocycles. The highest BCUT2D eigenvalue weighted by molar-refractivity contribution is 5.89. The number of hydrogen-bond donors (Lipinski definition) is 3. The molecule has 6 rings (SSSR count). The van der Waals surface area contributed by atoms with Gasteiger partial charge in [0.15, 0.2) is 11.5 Å². The maximum Gasteiger partial charge on any atom is 0.227 e. The van der Waals surface area contributed by atoms with Gasteiger partial charge in [-0.05, 0) is 24.5 Å². The van der Waals surface area contributed by atoms with Gasteiger partial charge in [-0.25, -0.2) is 13.5 Å². The molecule has 2 aromatic carbocycles. The summed E-state index contributed by atoms with van der Waals surface area (Å²) in [4.78, 5) is 9.34. The Hall–Kier alpha value is -4.38. The summed E-state index contributed by atoms with van der Waals surface area (Å²) in [5.74, 6) is 0.111. The number of aromatic amines is 1. The number of ether oxygens (including phenoxy) is 1. The minimum absolute atomic E-state index is 0.0863. The van der Waals surface area contributed by atoms with Gasteiger partial charge in [0.25, 0.3) is 0 Å². The highest BCUT2D eigenvalue weighted by atomic mass is 19.1. The Morgan fingerprint density at radius 1 is 1.03 bits per heavy atom. The van der Waals surface area contributed by atoms with Gasteiger partial charge in [0.05, 0.1) is 23.3 Å². The Kier molecular flexibility index (Phi) is 6.19. The predicted octanol–water partition coefficient (Wildman–Crippen LogP) is 5.20. The predicted molar refractivity (Wildman–Crippen MR) is 135 cm³/mol. The lowest BCUT2D eigenvalue weighted by Gasteiger charge is -2.22. The first-order chi connectivity index (χ1) is 18.1. The first-order valence-electron chi connectivity index (χ1n) is 12.0. The molecule has 0 radical (unpaired) electrons. The normalized spacial score (nSPS) is 14.2. The average Bonchev–Trinajstić information content (AvgIpc) is 3.57. The zero-order valence-corrected chi connectivity index (χ0v) is 19.8. The highest BCUT2D eigenvalue weighted by Crippen LogP contribution is 2.30. The summed E-state index contributed by atoms with van der Waals surface area (Å²) in [6.07, 6.45) is 3.39. The molecule has 0 aliphatic carbocycles. The summed E-state index contributed by atoms with van der Waals surface area (Å²) in [5.41, 5.74) is 2.81. The standard InChI is InChI=1S/C26H24F2N8O/c27-18-7-6-17(21(28)12-18)14-29-26-32-24(31-23-13-22(34-35-23)16-4-2-1-3-5-16)20-15-30-36(25(20)33-26)19-8-10-37-11-9-19/h1-7,12-13,15,19H,8-11,14H2,(H3,29,31,32,33,34,35). The summed E-state index contributed by atoms with van der Waals surface area (Å²) < 4.78 is 34.9. The number of H-pyrrole nitrogens is 1. The average molecular weight is 503 g/mol. The Labute approximate surface area is 210 Å². The molecule has 0 saturated carbocycles. The summed E-state index contributed by atoms with van der Waals surface area (Å²) in [6.45, 7) is 1.41. The van der Waals surface area contributed by atoms with Crippen molar-refractivity contribution in [1.29, 1.82) is 0 Å². The number of hydrogen-bond acceptors (Lipinski definition) is 7. The Balaban J connectivity index is 1.34. The van der Waals surface area contributed by atoms with Gasteiger partial charge in [0, 0.05) is 37.5 Å². The van der Waals surface area contributed by atoms with Gasteiger partial charge in [-0.1, -0.05) is 36.4 Å². The van der Waals surface area contributed by atoms with Crippen LogP contribution in [0, 0.1) is 11.6 Å². The molecule has 1 fully saturated rings. The molecule has 0 spiro atoms. The second kappa shape index (κ2) is 9.94. The van der Waals surface area contributed by atoms with Crippen LogP contribution in [-0.4, -0.2) is 43.2 Å². The third-order valence-electron chi connectivity index (χ3n) is 6.35. The lowest BCUT2D eigenvalue weighted by atomic mass is 10.1. The molecule has 1 aliphatic heterocycles. The van der Waals surface area contributed by atoms with E-state index in [2.05, 4.69) is 30.9 Å². The van der Waals surface area contributed by atoms with Crippen LogP contribution >= 0.6 is 0 Å². The van der Waals surface area contributed by atoms with Crippen molar-refractivity contribution < 1.29 is 13.5 Å². The van der Waals surface area contributed by atoms with Crippen LogP contribution in [0.15, 0.2) is 60.8 Å². The van der Waals surface area contributed by atoms with Gasteiger partial charge in [0.1, 0.15) is 17.5 Å². The van der Waals surface area contributed by atoms with E-state index in [1.54, 1.807) is 6.20 Å². The van der Waals surface area contributed by atoms with Gasteiger partial charge >= 0.3 is 0 Å². The van der Waals surface area contributed by atoms with Crippen LogP contribution in [0.4, 0.5) is 26.4 Å². The molecule has 1 aliphatic rings. The molecule has 11 heteroatoms. The zero-order chi connectivity index (χ0) is 25.2. The van der Waals surface area contributed by atoms with E-state index < -0.39 is 11.6 Å². The molecule has 5 aromatic rings. The van der Waals surface area contributed by atoms with Crippen molar-refractivity contribution in [1.82, 2.24) is 29.9 Å². The highest BCUT2D eigenvalue weighted by Gasteiger charge is 2.22. The van der Waals surface area contributed by atoms with Crippen LogP contribution in [0.2, 0.25) is 0 Å². The molecule has 9 nitrogen and oxygen atoms in total. The number of nitrogens with zero attached hydrogens (tertiary/aromatic N) is 5. The molecule has 0 amide bonds. The van der Waals surface area contributed by atoms with Gasteiger partial charge < -0.3 is 15.4 Å². The fourth-order valence-corrected chi connectivity index (χ4v) is 4.41. The second-order valence-corrected chi connectivity index (χ2v) is 8.81. The molecule has 188 valence electrons. The quantitative estimate of drug-likeness (QED) is 0.281. The van der Waals surface area contributed by atoms with E-state index in [4.69, 9.17) is 9.72 Å². The third kappa shape index (κ3) is 4.85. The molecule has 0 bridgehead atoms. The van der Waals surface area contributed by atoms with E-state index in [1.165, 1.54) is 12.1 Å². The number of fused-ring (bicyclic) bond motifs is 1.